The summed E-state index contributed by atoms with van der Waals surface area (Å²) in [6, 6.07) is 11.3. The molecule has 19 heavy (non-hydrogen) atoms. The smallest absolute Gasteiger partial charge is 0.373 e. The Morgan fingerprint density at radius 2 is 1.26 bits per heavy atom. The third-order valence-electron chi connectivity index (χ3n) is 2.62. The average Bonchev–Trinajstić information content (AvgIpc) is 2.25. The molecular weight excluding hydrogens is 252 g/mol. The molecule has 0 N–H and O–H groups in total. The lowest BCUT2D eigenvalue weighted by Crippen LogP contribution is -2.59. The molecule has 0 unspecified atom stereocenters. The fraction of sp³-hybridized carbons (Fsp3) is 0.625. The molecule has 0 spiro atoms. The van der Waals surface area contributed by atoms with E-state index >= 15 is 0 Å². The minimum atomic E-state index is -2.42. The Morgan fingerprint density at radius 1 is 0.842 bits per heavy atom. The predicted octanol–water partition coefficient (Wildman–Crippen LogP) is 3.99. The SMILES string of the molecule is CC[Si](OC(C)(C)C)(OC(C)(C)C)c1ccccc1. The number of rotatable bonds is 4. The molecule has 0 atom stereocenters. The summed E-state index contributed by atoms with van der Waals surface area (Å²) in [6.07, 6.45) is 0. The lowest BCUT2D eigenvalue weighted by atomic mass is 10.2. The maximum absolute atomic E-state index is 6.45. The van der Waals surface area contributed by atoms with Crippen LogP contribution in [0.3, 0.4) is 0 Å². The van der Waals surface area contributed by atoms with E-state index in [0.29, 0.717) is 0 Å². The van der Waals surface area contributed by atoms with E-state index in [2.05, 4.69) is 72.7 Å². The van der Waals surface area contributed by atoms with Crippen LogP contribution in [0.25, 0.3) is 0 Å². The van der Waals surface area contributed by atoms with Gasteiger partial charge >= 0.3 is 8.56 Å². The van der Waals surface area contributed by atoms with Gasteiger partial charge in [0, 0.05) is 0 Å². The third kappa shape index (κ3) is 5.09. The van der Waals surface area contributed by atoms with Crippen LogP contribution in [0.1, 0.15) is 48.5 Å². The van der Waals surface area contributed by atoms with Crippen LogP contribution in [0.5, 0.6) is 0 Å². The van der Waals surface area contributed by atoms with Gasteiger partial charge in [0.25, 0.3) is 0 Å². The van der Waals surface area contributed by atoms with Gasteiger partial charge in [-0.25, -0.2) is 0 Å². The van der Waals surface area contributed by atoms with Crippen molar-refractivity contribution in [3.8, 4) is 0 Å². The van der Waals surface area contributed by atoms with Crippen molar-refractivity contribution in [1.82, 2.24) is 0 Å². The molecule has 1 rings (SSSR count). The van der Waals surface area contributed by atoms with Gasteiger partial charge in [0.15, 0.2) is 0 Å². The monoisotopic (exact) mass is 280 g/mol. The van der Waals surface area contributed by atoms with Gasteiger partial charge in [-0.05, 0) is 52.8 Å². The first-order valence-corrected chi connectivity index (χ1v) is 9.06. The van der Waals surface area contributed by atoms with E-state index in [4.69, 9.17) is 8.85 Å². The molecule has 108 valence electrons. The molecule has 0 aliphatic rings. The first kappa shape index (κ1) is 16.4. The van der Waals surface area contributed by atoms with Crippen LogP contribution < -0.4 is 5.19 Å². The Morgan fingerprint density at radius 3 is 1.58 bits per heavy atom. The molecule has 0 heterocycles. The second-order valence-electron chi connectivity index (χ2n) is 6.90. The summed E-state index contributed by atoms with van der Waals surface area (Å²) >= 11 is 0. The number of hydrogen-bond acceptors (Lipinski definition) is 2. The van der Waals surface area contributed by atoms with Crippen LogP contribution in [0.2, 0.25) is 6.04 Å². The van der Waals surface area contributed by atoms with Gasteiger partial charge in [-0.1, -0.05) is 37.3 Å². The summed E-state index contributed by atoms with van der Waals surface area (Å²) < 4.78 is 12.9. The highest BCUT2D eigenvalue weighted by Crippen LogP contribution is 2.26. The average molecular weight is 280 g/mol. The third-order valence-corrected chi connectivity index (χ3v) is 6.65. The van der Waals surface area contributed by atoms with Gasteiger partial charge in [0.05, 0.1) is 11.2 Å². The number of benzene rings is 1. The molecule has 0 aliphatic heterocycles. The molecular formula is C16H28O2Si. The van der Waals surface area contributed by atoms with Crippen molar-refractivity contribution < 1.29 is 8.85 Å². The molecule has 0 radical (unpaired) electrons. The summed E-state index contributed by atoms with van der Waals surface area (Å²) in [4.78, 5) is 0. The van der Waals surface area contributed by atoms with Crippen LogP contribution in [0.4, 0.5) is 0 Å². The summed E-state index contributed by atoms with van der Waals surface area (Å²) in [5, 5.41) is 1.21. The molecule has 0 saturated heterocycles. The van der Waals surface area contributed by atoms with E-state index in [0.717, 1.165) is 6.04 Å². The van der Waals surface area contributed by atoms with Gasteiger partial charge in [-0.15, -0.1) is 0 Å². The van der Waals surface area contributed by atoms with Gasteiger partial charge in [0.1, 0.15) is 0 Å². The zero-order chi connectivity index (χ0) is 14.7. The molecule has 1 aromatic carbocycles. The summed E-state index contributed by atoms with van der Waals surface area (Å²) in [5.41, 5.74) is -0.410. The van der Waals surface area contributed by atoms with Crippen molar-refractivity contribution in [1.29, 1.82) is 0 Å². The topological polar surface area (TPSA) is 18.5 Å². The standard InChI is InChI=1S/C16H28O2Si/c1-8-19(17-15(2,3)4,18-16(5,6)7)14-12-10-9-11-13-14/h9-13H,8H2,1-7H3. The fourth-order valence-corrected chi connectivity index (χ4v) is 5.82. The maximum Gasteiger partial charge on any atom is 0.373 e. The van der Waals surface area contributed by atoms with Crippen molar-refractivity contribution in [2.24, 2.45) is 0 Å². The minimum Gasteiger partial charge on any atom is -0.386 e. The van der Waals surface area contributed by atoms with Crippen molar-refractivity contribution in [2.75, 3.05) is 0 Å². The maximum atomic E-state index is 6.45. The quantitative estimate of drug-likeness (QED) is 0.777. The number of hydrogen-bond donors (Lipinski definition) is 0. The lowest BCUT2D eigenvalue weighted by molar-refractivity contribution is 0.0225. The summed E-state index contributed by atoms with van der Waals surface area (Å²) in [5.74, 6) is 0. The Balaban J connectivity index is 3.22. The molecule has 0 aliphatic carbocycles. The fourth-order valence-electron chi connectivity index (χ4n) is 2.17. The van der Waals surface area contributed by atoms with Crippen LogP contribution in [-0.2, 0) is 8.85 Å². The highest BCUT2D eigenvalue weighted by atomic mass is 28.4. The second kappa shape index (κ2) is 5.78. The largest absolute Gasteiger partial charge is 0.386 e. The van der Waals surface area contributed by atoms with E-state index in [1.165, 1.54) is 5.19 Å². The minimum absolute atomic E-state index is 0.205. The van der Waals surface area contributed by atoms with Crippen LogP contribution in [0, 0.1) is 0 Å². The molecule has 0 saturated carbocycles. The molecule has 1 aromatic rings. The van der Waals surface area contributed by atoms with Gasteiger partial charge in [0.2, 0.25) is 0 Å². The Bertz CT molecular complexity index is 371. The molecule has 0 aromatic heterocycles. The zero-order valence-electron chi connectivity index (χ0n) is 13.4. The Labute approximate surface area is 119 Å². The Hall–Kier alpha value is -0.643. The van der Waals surface area contributed by atoms with Crippen molar-refractivity contribution in [3.05, 3.63) is 30.3 Å². The first-order valence-electron chi connectivity index (χ1n) is 7.04. The summed E-state index contributed by atoms with van der Waals surface area (Å²) in [7, 11) is -2.42. The highest BCUT2D eigenvalue weighted by molar-refractivity contribution is 6.81. The van der Waals surface area contributed by atoms with E-state index in [1.807, 2.05) is 6.07 Å². The molecule has 3 heteroatoms. The van der Waals surface area contributed by atoms with E-state index in [1.54, 1.807) is 0 Å². The highest BCUT2D eigenvalue weighted by Gasteiger charge is 2.44. The van der Waals surface area contributed by atoms with Crippen LogP contribution in [0.15, 0.2) is 30.3 Å². The predicted molar refractivity (Wildman–Crippen MR) is 84.0 cm³/mol. The molecule has 2 nitrogen and oxygen atoms in total. The molecule has 0 bridgehead atoms. The van der Waals surface area contributed by atoms with Gasteiger partial charge in [-0.2, -0.15) is 0 Å². The van der Waals surface area contributed by atoms with Crippen LogP contribution >= 0.6 is 0 Å². The normalized spacial score (nSPS) is 13.6. The van der Waals surface area contributed by atoms with Gasteiger partial charge < -0.3 is 8.85 Å². The van der Waals surface area contributed by atoms with Crippen molar-refractivity contribution in [3.63, 3.8) is 0 Å². The second-order valence-corrected chi connectivity index (χ2v) is 10.1. The summed E-state index contributed by atoms with van der Waals surface area (Å²) in [6.45, 7) is 14.7. The zero-order valence-corrected chi connectivity index (χ0v) is 14.4. The van der Waals surface area contributed by atoms with Gasteiger partial charge in [-0.3, -0.25) is 0 Å². The van der Waals surface area contributed by atoms with Crippen LogP contribution in [-0.4, -0.2) is 19.8 Å². The van der Waals surface area contributed by atoms with Crippen molar-refractivity contribution in [2.45, 2.75) is 65.7 Å². The van der Waals surface area contributed by atoms with E-state index < -0.39 is 8.56 Å². The first-order chi connectivity index (χ1) is 8.58. The van der Waals surface area contributed by atoms with Crippen molar-refractivity contribution >= 4 is 13.7 Å². The van der Waals surface area contributed by atoms with E-state index in [9.17, 15) is 0 Å². The molecule has 0 fully saturated rings. The molecule has 0 amide bonds. The van der Waals surface area contributed by atoms with E-state index in [-0.39, 0.29) is 11.2 Å². The Kier molecular flexibility index (Phi) is 4.99. The lowest BCUT2D eigenvalue weighted by Gasteiger charge is -2.40.